The van der Waals surface area contributed by atoms with Gasteiger partial charge >= 0.3 is 0 Å². The quantitative estimate of drug-likeness (QED) is 0.900. The van der Waals surface area contributed by atoms with E-state index < -0.39 is 0 Å². The Morgan fingerprint density at radius 2 is 1.95 bits per heavy atom. The second-order valence-electron chi connectivity index (χ2n) is 5.78. The number of rotatable bonds is 5. The zero-order valence-corrected chi connectivity index (χ0v) is 12.3. The van der Waals surface area contributed by atoms with E-state index in [2.05, 4.69) is 5.32 Å². The van der Waals surface area contributed by atoms with Crippen LogP contribution in [0.25, 0.3) is 0 Å². The molecule has 0 saturated heterocycles. The average Bonchev–Trinajstić information content (AvgIpc) is 2.46. The third-order valence-corrected chi connectivity index (χ3v) is 4.01. The van der Waals surface area contributed by atoms with Crippen LogP contribution >= 0.6 is 0 Å². The predicted octanol–water partition coefficient (Wildman–Crippen LogP) is 1.92. The van der Waals surface area contributed by atoms with Gasteiger partial charge in [0.15, 0.2) is 5.78 Å². The van der Waals surface area contributed by atoms with E-state index in [0.29, 0.717) is 25.7 Å². The molecule has 4 nitrogen and oxygen atoms in total. The molecule has 0 radical (unpaired) electrons. The van der Waals surface area contributed by atoms with Crippen LogP contribution in [0.5, 0.6) is 0 Å². The number of hydrogen-bond acceptors (Lipinski definition) is 3. The second-order valence-corrected chi connectivity index (χ2v) is 5.78. The summed E-state index contributed by atoms with van der Waals surface area (Å²) in [5.74, 6) is 0.0416. The van der Waals surface area contributed by atoms with Crippen LogP contribution in [-0.4, -0.2) is 24.0 Å². The summed E-state index contributed by atoms with van der Waals surface area (Å²) < 4.78 is 0. The van der Waals surface area contributed by atoms with Gasteiger partial charge in [-0.2, -0.15) is 0 Å². The number of hydrogen-bond donors (Lipinski definition) is 1. The summed E-state index contributed by atoms with van der Waals surface area (Å²) in [6.07, 6.45) is 1.87. The molecule has 0 heterocycles. The lowest BCUT2D eigenvalue weighted by atomic mass is 9.79. The summed E-state index contributed by atoms with van der Waals surface area (Å²) in [4.78, 5) is 35.3. The first kappa shape index (κ1) is 15.4. The van der Waals surface area contributed by atoms with Gasteiger partial charge in [0.05, 0.1) is 6.54 Å². The average molecular weight is 287 g/mol. The fourth-order valence-corrected chi connectivity index (χ4v) is 2.80. The molecule has 0 aromatic heterocycles. The van der Waals surface area contributed by atoms with Crippen LogP contribution in [0.2, 0.25) is 0 Å². The molecule has 21 heavy (non-hydrogen) atoms. The van der Waals surface area contributed by atoms with Crippen LogP contribution in [0.4, 0.5) is 0 Å². The van der Waals surface area contributed by atoms with Gasteiger partial charge in [-0.1, -0.05) is 37.3 Å². The molecule has 4 heteroatoms. The van der Waals surface area contributed by atoms with E-state index in [9.17, 15) is 14.4 Å². The number of nitrogens with one attached hydrogen (secondary N) is 1. The van der Waals surface area contributed by atoms with Crippen molar-refractivity contribution in [3.8, 4) is 0 Å². The van der Waals surface area contributed by atoms with E-state index in [4.69, 9.17) is 0 Å². The Morgan fingerprint density at radius 1 is 1.24 bits per heavy atom. The van der Waals surface area contributed by atoms with E-state index in [1.54, 1.807) is 0 Å². The molecular weight excluding hydrogens is 266 g/mol. The zero-order chi connectivity index (χ0) is 15.2. The summed E-state index contributed by atoms with van der Waals surface area (Å²) in [7, 11) is 0. The van der Waals surface area contributed by atoms with Gasteiger partial charge in [0.2, 0.25) is 5.91 Å². The second kappa shape index (κ2) is 7.16. The minimum atomic E-state index is -0.146. The Hall–Kier alpha value is -1.97. The molecule has 0 bridgehead atoms. The van der Waals surface area contributed by atoms with Crippen molar-refractivity contribution in [3.63, 3.8) is 0 Å². The molecule has 0 aliphatic heterocycles. The topological polar surface area (TPSA) is 63.2 Å². The van der Waals surface area contributed by atoms with Crippen LogP contribution in [0, 0.1) is 11.8 Å². The highest BCUT2D eigenvalue weighted by atomic mass is 16.2. The van der Waals surface area contributed by atoms with Gasteiger partial charge in [0, 0.05) is 25.2 Å². The van der Waals surface area contributed by atoms with E-state index in [-0.39, 0.29) is 35.9 Å². The molecule has 0 spiro atoms. The first-order valence-corrected chi connectivity index (χ1v) is 7.41. The molecule has 2 rings (SSSR count). The molecule has 1 aromatic carbocycles. The smallest absolute Gasteiger partial charge is 0.223 e. The maximum atomic E-state index is 12.1. The Morgan fingerprint density at radius 3 is 2.62 bits per heavy atom. The standard InChI is InChI=1S/C17H21NO3/c1-12-9-14(19)7-8-16(12)17(21)18-11-15(20)10-13-5-3-2-4-6-13/h2-6,12,16H,7-11H2,1H3,(H,18,21)/t12-,16-/m0/s1. The summed E-state index contributed by atoms with van der Waals surface area (Å²) in [5.41, 5.74) is 0.952. The fourth-order valence-electron chi connectivity index (χ4n) is 2.80. The van der Waals surface area contributed by atoms with Crippen LogP contribution in [-0.2, 0) is 20.8 Å². The van der Waals surface area contributed by atoms with Gasteiger partial charge in [-0.3, -0.25) is 14.4 Å². The number of amides is 1. The highest BCUT2D eigenvalue weighted by Crippen LogP contribution is 2.27. The number of Topliss-reactive ketones (excluding diaryl/α,β-unsaturated/α-hetero) is 2. The molecule has 0 unspecified atom stereocenters. The number of ketones is 2. The molecule has 1 aromatic rings. The Balaban J connectivity index is 1.78. The van der Waals surface area contributed by atoms with Crippen molar-refractivity contribution in [2.75, 3.05) is 6.54 Å². The lowest BCUT2D eigenvalue weighted by Crippen LogP contribution is -2.40. The van der Waals surface area contributed by atoms with Crippen molar-refractivity contribution in [3.05, 3.63) is 35.9 Å². The van der Waals surface area contributed by atoms with Crippen LogP contribution in [0.3, 0.4) is 0 Å². The maximum absolute atomic E-state index is 12.1. The molecule has 1 N–H and O–H groups in total. The SMILES string of the molecule is C[C@H]1CC(=O)CC[C@@H]1C(=O)NCC(=O)Cc1ccccc1. The molecular formula is C17H21NO3. The minimum Gasteiger partial charge on any atom is -0.349 e. The van der Waals surface area contributed by atoms with Crippen LogP contribution in [0.15, 0.2) is 30.3 Å². The molecule has 1 aliphatic carbocycles. The maximum Gasteiger partial charge on any atom is 0.223 e. The predicted molar refractivity (Wildman–Crippen MR) is 79.7 cm³/mol. The molecule has 2 atom stereocenters. The van der Waals surface area contributed by atoms with Crippen molar-refractivity contribution in [1.29, 1.82) is 0 Å². The largest absolute Gasteiger partial charge is 0.349 e. The summed E-state index contributed by atoms with van der Waals surface area (Å²) in [6.45, 7) is 1.98. The Labute approximate surface area is 124 Å². The van der Waals surface area contributed by atoms with Gasteiger partial charge in [0.1, 0.15) is 5.78 Å². The van der Waals surface area contributed by atoms with Crippen molar-refractivity contribution in [2.45, 2.75) is 32.6 Å². The third-order valence-electron chi connectivity index (χ3n) is 4.01. The molecule has 1 fully saturated rings. The highest BCUT2D eigenvalue weighted by Gasteiger charge is 2.31. The molecule has 1 aliphatic rings. The first-order chi connectivity index (χ1) is 10.1. The number of benzene rings is 1. The van der Waals surface area contributed by atoms with Crippen LogP contribution < -0.4 is 5.32 Å². The van der Waals surface area contributed by atoms with Crippen LogP contribution in [0.1, 0.15) is 31.7 Å². The molecule has 1 amide bonds. The van der Waals surface area contributed by atoms with E-state index >= 15 is 0 Å². The third kappa shape index (κ3) is 4.52. The fraction of sp³-hybridized carbons (Fsp3) is 0.471. The first-order valence-electron chi connectivity index (χ1n) is 7.41. The number of carbonyl (C=O) groups is 3. The van der Waals surface area contributed by atoms with Gasteiger partial charge in [-0.05, 0) is 17.9 Å². The highest BCUT2D eigenvalue weighted by molar-refractivity contribution is 5.89. The number of carbonyl (C=O) groups excluding carboxylic acids is 3. The normalized spacial score (nSPS) is 21.9. The molecule has 112 valence electrons. The summed E-state index contributed by atoms with van der Waals surface area (Å²) >= 11 is 0. The minimum absolute atomic E-state index is 0.00547. The summed E-state index contributed by atoms with van der Waals surface area (Å²) in [6, 6.07) is 9.48. The Kier molecular flexibility index (Phi) is 5.26. The lowest BCUT2D eigenvalue weighted by molar-refractivity contribution is -0.132. The van der Waals surface area contributed by atoms with Crippen molar-refractivity contribution >= 4 is 17.5 Å². The Bertz CT molecular complexity index is 524. The van der Waals surface area contributed by atoms with Gasteiger partial charge in [0.25, 0.3) is 0 Å². The zero-order valence-electron chi connectivity index (χ0n) is 12.3. The van der Waals surface area contributed by atoms with Crippen molar-refractivity contribution in [1.82, 2.24) is 5.32 Å². The lowest BCUT2D eigenvalue weighted by Gasteiger charge is -2.26. The van der Waals surface area contributed by atoms with E-state index in [1.165, 1.54) is 0 Å². The van der Waals surface area contributed by atoms with Gasteiger partial charge in [-0.15, -0.1) is 0 Å². The monoisotopic (exact) mass is 287 g/mol. The van der Waals surface area contributed by atoms with E-state index in [0.717, 1.165) is 5.56 Å². The van der Waals surface area contributed by atoms with Gasteiger partial charge in [-0.25, -0.2) is 0 Å². The van der Waals surface area contributed by atoms with E-state index in [1.807, 2.05) is 37.3 Å². The van der Waals surface area contributed by atoms with Gasteiger partial charge < -0.3 is 5.32 Å². The van der Waals surface area contributed by atoms with Crippen molar-refractivity contribution < 1.29 is 14.4 Å². The summed E-state index contributed by atoms with van der Waals surface area (Å²) in [5, 5.41) is 2.72. The van der Waals surface area contributed by atoms with Crippen molar-refractivity contribution in [2.24, 2.45) is 11.8 Å². The molecule has 1 saturated carbocycles.